The number of aromatic amines is 1. The number of benzene rings is 1. The molecule has 3 heteroatoms. The smallest absolute Gasteiger partial charge is 0.107 e. The summed E-state index contributed by atoms with van der Waals surface area (Å²) < 4.78 is 0. The van der Waals surface area contributed by atoms with Crippen molar-refractivity contribution in [2.75, 3.05) is 6.54 Å². The summed E-state index contributed by atoms with van der Waals surface area (Å²) in [5.41, 5.74) is 8.50. The summed E-state index contributed by atoms with van der Waals surface area (Å²) in [7, 11) is 0. The third kappa shape index (κ3) is 1.95. The second-order valence-electron chi connectivity index (χ2n) is 5.26. The van der Waals surface area contributed by atoms with Crippen LogP contribution in [0.25, 0.3) is 11.0 Å². The van der Waals surface area contributed by atoms with Gasteiger partial charge in [0.1, 0.15) is 5.82 Å². The van der Waals surface area contributed by atoms with Crippen molar-refractivity contribution in [2.45, 2.75) is 32.1 Å². The van der Waals surface area contributed by atoms with Crippen LogP contribution in [0.2, 0.25) is 0 Å². The van der Waals surface area contributed by atoms with Gasteiger partial charge < -0.3 is 10.7 Å². The van der Waals surface area contributed by atoms with Crippen molar-refractivity contribution in [3.8, 4) is 0 Å². The molecule has 1 saturated carbocycles. The van der Waals surface area contributed by atoms with Crippen LogP contribution in [0.4, 0.5) is 0 Å². The second-order valence-corrected chi connectivity index (χ2v) is 5.26. The Balaban J connectivity index is 1.72. The monoisotopic (exact) mass is 229 g/mol. The Morgan fingerprint density at radius 3 is 2.76 bits per heavy atom. The number of nitrogens with zero attached hydrogens (tertiary/aromatic N) is 1. The molecule has 2 aromatic rings. The van der Waals surface area contributed by atoms with Crippen LogP contribution >= 0.6 is 0 Å². The van der Waals surface area contributed by atoms with Crippen molar-refractivity contribution in [1.82, 2.24) is 9.97 Å². The number of aromatic nitrogens is 2. The molecule has 17 heavy (non-hydrogen) atoms. The van der Waals surface area contributed by atoms with Crippen LogP contribution in [0.3, 0.4) is 0 Å². The van der Waals surface area contributed by atoms with Crippen LogP contribution in [0.15, 0.2) is 24.3 Å². The maximum absolute atomic E-state index is 5.88. The maximum atomic E-state index is 5.88. The fourth-order valence-electron chi connectivity index (χ4n) is 2.74. The summed E-state index contributed by atoms with van der Waals surface area (Å²) in [6.07, 6.45) is 6.12. The van der Waals surface area contributed by atoms with E-state index in [9.17, 15) is 0 Å². The number of para-hydroxylation sites is 2. The number of nitrogens with two attached hydrogens (primary N) is 1. The molecule has 0 amide bonds. The molecule has 1 fully saturated rings. The summed E-state index contributed by atoms with van der Waals surface area (Å²) >= 11 is 0. The van der Waals surface area contributed by atoms with Crippen molar-refractivity contribution >= 4 is 11.0 Å². The molecule has 3 rings (SSSR count). The van der Waals surface area contributed by atoms with Crippen molar-refractivity contribution < 1.29 is 0 Å². The van der Waals surface area contributed by atoms with Crippen LogP contribution in [0.1, 0.15) is 31.5 Å². The van der Waals surface area contributed by atoms with E-state index in [1.807, 2.05) is 12.1 Å². The van der Waals surface area contributed by atoms with E-state index in [2.05, 4.69) is 22.1 Å². The van der Waals surface area contributed by atoms with Gasteiger partial charge in [0.25, 0.3) is 0 Å². The first kappa shape index (κ1) is 10.8. The molecule has 1 heterocycles. The highest BCUT2D eigenvalue weighted by Crippen LogP contribution is 2.43. The molecule has 1 aromatic carbocycles. The minimum absolute atomic E-state index is 0.416. The normalized spacial score (nSPS) is 18.2. The average Bonchev–Trinajstić information content (AvgIpc) is 2.71. The zero-order valence-electron chi connectivity index (χ0n) is 10.1. The molecule has 0 saturated heterocycles. The first-order chi connectivity index (χ1) is 8.31. The predicted molar refractivity (Wildman–Crippen MR) is 69.8 cm³/mol. The molecule has 0 aliphatic heterocycles. The zero-order valence-corrected chi connectivity index (χ0v) is 10.1. The molecule has 1 aliphatic carbocycles. The van der Waals surface area contributed by atoms with E-state index >= 15 is 0 Å². The van der Waals surface area contributed by atoms with Gasteiger partial charge in [-0.3, -0.25) is 0 Å². The van der Waals surface area contributed by atoms with E-state index in [1.54, 1.807) is 0 Å². The largest absolute Gasteiger partial charge is 0.342 e. The minimum Gasteiger partial charge on any atom is -0.342 e. The molecule has 0 atom stereocenters. The molecular weight excluding hydrogens is 210 g/mol. The van der Waals surface area contributed by atoms with Crippen molar-refractivity contribution in [2.24, 2.45) is 11.1 Å². The lowest BCUT2D eigenvalue weighted by Gasteiger charge is -2.41. The van der Waals surface area contributed by atoms with Crippen molar-refractivity contribution in [3.63, 3.8) is 0 Å². The van der Waals surface area contributed by atoms with Gasteiger partial charge in [0.05, 0.1) is 11.0 Å². The molecule has 0 spiro atoms. The maximum Gasteiger partial charge on any atom is 0.107 e. The van der Waals surface area contributed by atoms with Gasteiger partial charge in [-0.15, -0.1) is 0 Å². The third-order valence-electron chi connectivity index (χ3n) is 4.18. The summed E-state index contributed by atoms with van der Waals surface area (Å²) in [5, 5.41) is 0. The summed E-state index contributed by atoms with van der Waals surface area (Å²) in [6.45, 7) is 0.827. The van der Waals surface area contributed by atoms with Gasteiger partial charge in [0.2, 0.25) is 0 Å². The molecular formula is C14H19N3. The molecule has 1 aliphatic rings. The van der Waals surface area contributed by atoms with E-state index in [0.29, 0.717) is 5.41 Å². The Labute approximate surface area is 101 Å². The van der Waals surface area contributed by atoms with Gasteiger partial charge in [-0.05, 0) is 43.4 Å². The fourth-order valence-corrected chi connectivity index (χ4v) is 2.74. The predicted octanol–water partition coefficient (Wildman–Crippen LogP) is 2.62. The van der Waals surface area contributed by atoms with Crippen molar-refractivity contribution in [3.05, 3.63) is 30.1 Å². The van der Waals surface area contributed by atoms with E-state index in [1.165, 1.54) is 25.7 Å². The van der Waals surface area contributed by atoms with Gasteiger partial charge >= 0.3 is 0 Å². The number of rotatable bonds is 4. The minimum atomic E-state index is 0.416. The molecule has 90 valence electrons. The summed E-state index contributed by atoms with van der Waals surface area (Å²) in [5.74, 6) is 1.10. The standard InChI is InChI=1S/C14H19N3/c15-10-14(7-3-8-14)9-6-13-16-11-4-1-2-5-12(11)17-13/h1-2,4-5H,3,6-10,15H2,(H,16,17). The molecule has 1 aromatic heterocycles. The van der Waals surface area contributed by atoms with E-state index in [0.717, 1.165) is 29.8 Å². The quantitative estimate of drug-likeness (QED) is 0.846. The molecule has 0 bridgehead atoms. The second kappa shape index (κ2) is 4.15. The Kier molecular flexibility index (Phi) is 2.63. The highest BCUT2D eigenvalue weighted by Gasteiger charge is 2.35. The Morgan fingerprint density at radius 1 is 1.29 bits per heavy atom. The zero-order chi connectivity index (χ0) is 11.7. The Bertz CT molecular complexity index is 472. The summed E-state index contributed by atoms with van der Waals surface area (Å²) in [6, 6.07) is 8.20. The third-order valence-corrected chi connectivity index (χ3v) is 4.18. The number of imidazole rings is 1. The van der Waals surface area contributed by atoms with Gasteiger partial charge in [-0.25, -0.2) is 4.98 Å². The summed E-state index contributed by atoms with van der Waals surface area (Å²) in [4.78, 5) is 8.00. The molecule has 3 N–H and O–H groups in total. The lowest BCUT2D eigenvalue weighted by molar-refractivity contribution is 0.130. The highest BCUT2D eigenvalue weighted by atomic mass is 14.9. The van der Waals surface area contributed by atoms with Crippen LogP contribution in [0, 0.1) is 5.41 Å². The van der Waals surface area contributed by atoms with Crippen LogP contribution < -0.4 is 5.73 Å². The number of hydrogen-bond donors (Lipinski definition) is 2. The molecule has 3 nitrogen and oxygen atoms in total. The van der Waals surface area contributed by atoms with Gasteiger partial charge in [0.15, 0.2) is 0 Å². The van der Waals surface area contributed by atoms with Crippen molar-refractivity contribution in [1.29, 1.82) is 0 Å². The number of H-pyrrole nitrogens is 1. The first-order valence-electron chi connectivity index (χ1n) is 6.45. The van der Waals surface area contributed by atoms with Crippen LogP contribution in [0.5, 0.6) is 0 Å². The Hall–Kier alpha value is -1.35. The number of hydrogen-bond acceptors (Lipinski definition) is 2. The first-order valence-corrected chi connectivity index (χ1v) is 6.45. The topological polar surface area (TPSA) is 54.7 Å². The number of nitrogens with one attached hydrogen (secondary N) is 1. The van der Waals surface area contributed by atoms with E-state index < -0.39 is 0 Å². The molecule has 0 unspecified atom stereocenters. The molecule has 0 radical (unpaired) electrons. The fraction of sp³-hybridized carbons (Fsp3) is 0.500. The van der Waals surface area contributed by atoms with E-state index in [-0.39, 0.29) is 0 Å². The SMILES string of the molecule is NCC1(CCc2nc3ccccc3[nH]2)CCC1. The van der Waals surface area contributed by atoms with Gasteiger partial charge in [-0.1, -0.05) is 18.6 Å². The number of fused-ring (bicyclic) bond motifs is 1. The highest BCUT2D eigenvalue weighted by molar-refractivity contribution is 5.74. The van der Waals surface area contributed by atoms with Crippen LogP contribution in [-0.4, -0.2) is 16.5 Å². The number of aryl methyl sites for hydroxylation is 1. The Morgan fingerprint density at radius 2 is 2.12 bits per heavy atom. The lowest BCUT2D eigenvalue weighted by Crippen LogP contribution is -2.37. The van der Waals surface area contributed by atoms with Gasteiger partial charge in [0, 0.05) is 6.42 Å². The van der Waals surface area contributed by atoms with Crippen LogP contribution in [-0.2, 0) is 6.42 Å². The average molecular weight is 229 g/mol. The lowest BCUT2D eigenvalue weighted by atomic mass is 9.66. The van der Waals surface area contributed by atoms with E-state index in [4.69, 9.17) is 5.73 Å². The van der Waals surface area contributed by atoms with Gasteiger partial charge in [-0.2, -0.15) is 0 Å².